The Morgan fingerprint density at radius 3 is 2.10 bits per heavy atom. The summed E-state index contributed by atoms with van der Waals surface area (Å²) < 4.78 is 35.9. The van der Waals surface area contributed by atoms with E-state index in [1.165, 1.54) is 37.3 Å². The van der Waals surface area contributed by atoms with Gasteiger partial charge in [-0.05, 0) is 57.5 Å². The van der Waals surface area contributed by atoms with Crippen molar-refractivity contribution < 1.29 is 26.9 Å². The molecule has 0 bridgehead atoms. The molecule has 0 atom stereocenters. The van der Waals surface area contributed by atoms with Crippen LogP contribution in [0, 0.1) is 0 Å². The third-order valence-corrected chi connectivity index (χ3v) is 5.54. The molecule has 0 fully saturated rings. The van der Waals surface area contributed by atoms with E-state index in [1.54, 1.807) is 36.9 Å². The van der Waals surface area contributed by atoms with Gasteiger partial charge in [0.15, 0.2) is 0 Å². The van der Waals surface area contributed by atoms with Gasteiger partial charge in [0.05, 0.1) is 11.7 Å². The molecule has 1 amide bonds. The summed E-state index contributed by atoms with van der Waals surface area (Å²) in [5.41, 5.74) is 0.751. The molecule has 0 unspecified atom stereocenters. The number of benzene rings is 2. The van der Waals surface area contributed by atoms with Crippen LogP contribution in [0.2, 0.25) is 0 Å². The summed E-state index contributed by atoms with van der Waals surface area (Å²) in [6.07, 6.45) is -0.387. The highest BCUT2D eigenvalue weighted by atomic mass is 32.2. The Balaban J connectivity index is 2.22. The molecular weight excluding hydrogens is 406 g/mol. The van der Waals surface area contributed by atoms with Crippen LogP contribution < -0.4 is 4.18 Å². The van der Waals surface area contributed by atoms with E-state index in [4.69, 9.17) is 8.92 Å². The summed E-state index contributed by atoms with van der Waals surface area (Å²) in [4.78, 5) is 25.4. The molecule has 0 saturated carbocycles. The fourth-order valence-corrected chi connectivity index (χ4v) is 3.93. The van der Waals surface area contributed by atoms with Crippen LogP contribution in [0.3, 0.4) is 0 Å². The first-order valence-electron chi connectivity index (χ1n) is 9.62. The molecule has 2 rings (SSSR count). The minimum Gasteiger partial charge on any atom is -0.459 e. The lowest BCUT2D eigenvalue weighted by Crippen LogP contribution is -2.34. The van der Waals surface area contributed by atoms with Crippen molar-refractivity contribution in [2.45, 2.75) is 58.2 Å². The molecule has 0 saturated heterocycles. The molecule has 2 aromatic carbocycles. The summed E-state index contributed by atoms with van der Waals surface area (Å²) in [7, 11) is -4.25. The molecule has 0 radical (unpaired) electrons. The zero-order chi connectivity index (χ0) is 22.5. The van der Waals surface area contributed by atoms with Crippen molar-refractivity contribution in [3.05, 3.63) is 59.7 Å². The first kappa shape index (κ1) is 23.4. The van der Waals surface area contributed by atoms with Gasteiger partial charge < -0.3 is 13.8 Å². The normalized spacial score (nSPS) is 11.4. The molecular formula is C22H27NO6S. The molecule has 0 aliphatic carbocycles. The van der Waals surface area contributed by atoms with E-state index in [2.05, 4.69) is 0 Å². The fraction of sp³-hybridized carbons (Fsp3) is 0.364. The summed E-state index contributed by atoms with van der Waals surface area (Å²) in [6, 6.07) is 12.2. The van der Waals surface area contributed by atoms with Crippen molar-refractivity contribution in [3.63, 3.8) is 0 Å². The standard InChI is InChI=1S/C22H27NO6S/c1-15(2)23(17(5)24)14-18-10-12-19(13-11-18)29-30(26,27)21-9-7-6-8-20(21)22(25)28-16(3)4/h6-13,15-16H,14H2,1-5H3. The quantitative estimate of drug-likeness (QED) is 0.465. The van der Waals surface area contributed by atoms with Gasteiger partial charge in [-0.1, -0.05) is 24.3 Å². The number of hydrogen-bond donors (Lipinski definition) is 0. The lowest BCUT2D eigenvalue weighted by atomic mass is 10.2. The molecule has 0 aromatic heterocycles. The minimum absolute atomic E-state index is 0.0425. The molecule has 0 spiro atoms. The predicted octanol–water partition coefficient (Wildman–Crippen LogP) is 3.78. The molecule has 0 aliphatic rings. The average molecular weight is 434 g/mol. The molecule has 0 aliphatic heterocycles. The maximum absolute atomic E-state index is 12.8. The van der Waals surface area contributed by atoms with Crippen LogP contribution in [0.5, 0.6) is 5.75 Å². The van der Waals surface area contributed by atoms with Gasteiger partial charge in [0.2, 0.25) is 5.91 Å². The van der Waals surface area contributed by atoms with Gasteiger partial charge >= 0.3 is 16.1 Å². The lowest BCUT2D eigenvalue weighted by Gasteiger charge is -2.25. The van der Waals surface area contributed by atoms with Crippen molar-refractivity contribution in [3.8, 4) is 5.75 Å². The van der Waals surface area contributed by atoms with Crippen molar-refractivity contribution in [2.24, 2.45) is 0 Å². The van der Waals surface area contributed by atoms with E-state index in [9.17, 15) is 18.0 Å². The van der Waals surface area contributed by atoms with E-state index >= 15 is 0 Å². The second kappa shape index (κ2) is 9.75. The highest BCUT2D eigenvalue weighted by Gasteiger charge is 2.25. The fourth-order valence-electron chi connectivity index (χ4n) is 2.81. The molecule has 8 heteroatoms. The Hall–Kier alpha value is -2.87. The maximum Gasteiger partial charge on any atom is 0.340 e. The van der Waals surface area contributed by atoms with Gasteiger partial charge in [0.1, 0.15) is 10.6 Å². The Morgan fingerprint density at radius 2 is 1.57 bits per heavy atom. The van der Waals surface area contributed by atoms with Crippen molar-refractivity contribution in [2.75, 3.05) is 0 Å². The second-order valence-corrected chi connectivity index (χ2v) is 8.89. The predicted molar refractivity (Wildman–Crippen MR) is 113 cm³/mol. The third-order valence-electron chi connectivity index (χ3n) is 4.23. The van der Waals surface area contributed by atoms with E-state index in [0.717, 1.165) is 5.56 Å². The van der Waals surface area contributed by atoms with Gasteiger partial charge in [-0.15, -0.1) is 0 Å². The van der Waals surface area contributed by atoms with Crippen molar-refractivity contribution >= 4 is 22.0 Å². The average Bonchev–Trinajstić information content (AvgIpc) is 2.66. The van der Waals surface area contributed by atoms with E-state index < -0.39 is 16.1 Å². The molecule has 2 aromatic rings. The van der Waals surface area contributed by atoms with Crippen molar-refractivity contribution in [1.29, 1.82) is 0 Å². The van der Waals surface area contributed by atoms with Crippen LogP contribution in [0.25, 0.3) is 0 Å². The highest BCUT2D eigenvalue weighted by molar-refractivity contribution is 7.87. The number of carbonyl (C=O) groups excluding carboxylic acids is 2. The SMILES string of the molecule is CC(=O)N(Cc1ccc(OS(=O)(=O)c2ccccc2C(=O)OC(C)C)cc1)C(C)C. The van der Waals surface area contributed by atoms with Crippen LogP contribution in [0.15, 0.2) is 53.4 Å². The number of amides is 1. The van der Waals surface area contributed by atoms with E-state index in [0.29, 0.717) is 6.54 Å². The van der Waals surface area contributed by atoms with E-state index in [-0.39, 0.29) is 34.3 Å². The molecule has 162 valence electrons. The lowest BCUT2D eigenvalue weighted by molar-refractivity contribution is -0.131. The Bertz CT molecular complexity index is 997. The maximum atomic E-state index is 12.8. The number of hydrogen-bond acceptors (Lipinski definition) is 6. The first-order valence-corrected chi connectivity index (χ1v) is 11.0. The topological polar surface area (TPSA) is 90.0 Å². The van der Waals surface area contributed by atoms with Crippen LogP contribution in [-0.2, 0) is 26.2 Å². The minimum atomic E-state index is -4.25. The molecule has 0 heterocycles. The molecule has 0 N–H and O–H groups in total. The van der Waals surface area contributed by atoms with Crippen LogP contribution in [-0.4, -0.2) is 37.3 Å². The first-order chi connectivity index (χ1) is 14.0. The smallest absolute Gasteiger partial charge is 0.340 e. The zero-order valence-corrected chi connectivity index (χ0v) is 18.6. The van der Waals surface area contributed by atoms with Gasteiger partial charge in [-0.2, -0.15) is 8.42 Å². The molecule has 7 nitrogen and oxygen atoms in total. The second-order valence-electron chi connectivity index (χ2n) is 7.37. The largest absolute Gasteiger partial charge is 0.459 e. The highest BCUT2D eigenvalue weighted by Crippen LogP contribution is 2.23. The number of rotatable bonds is 8. The summed E-state index contributed by atoms with van der Waals surface area (Å²) >= 11 is 0. The van der Waals surface area contributed by atoms with Crippen LogP contribution in [0.4, 0.5) is 0 Å². The number of nitrogens with zero attached hydrogens (tertiary/aromatic N) is 1. The van der Waals surface area contributed by atoms with Gasteiger partial charge in [-0.3, -0.25) is 4.79 Å². The van der Waals surface area contributed by atoms with Gasteiger partial charge in [-0.25, -0.2) is 4.79 Å². The summed E-state index contributed by atoms with van der Waals surface area (Å²) in [6.45, 7) is 9.12. The number of carbonyl (C=O) groups is 2. The summed E-state index contributed by atoms with van der Waals surface area (Å²) in [5.74, 6) is -0.677. The van der Waals surface area contributed by atoms with E-state index in [1.807, 2.05) is 13.8 Å². The monoisotopic (exact) mass is 433 g/mol. The Kier molecular flexibility index (Phi) is 7.61. The van der Waals surface area contributed by atoms with Crippen molar-refractivity contribution in [1.82, 2.24) is 4.90 Å². The zero-order valence-electron chi connectivity index (χ0n) is 17.8. The van der Waals surface area contributed by atoms with Crippen LogP contribution in [0.1, 0.15) is 50.5 Å². The van der Waals surface area contributed by atoms with Crippen LogP contribution >= 0.6 is 0 Å². The Morgan fingerprint density at radius 1 is 0.967 bits per heavy atom. The number of ether oxygens (including phenoxy) is 1. The number of esters is 1. The third kappa shape index (κ3) is 6.06. The van der Waals surface area contributed by atoms with Gasteiger partial charge in [0.25, 0.3) is 0 Å². The van der Waals surface area contributed by atoms with Gasteiger partial charge in [0, 0.05) is 19.5 Å². The summed E-state index contributed by atoms with van der Waals surface area (Å²) in [5, 5.41) is 0. The Labute approximate surface area is 177 Å². The molecule has 30 heavy (non-hydrogen) atoms.